The van der Waals surface area contributed by atoms with E-state index in [0.717, 1.165) is 19.4 Å². The van der Waals surface area contributed by atoms with Gasteiger partial charge in [0.1, 0.15) is 0 Å². The number of halogens is 2. The third-order valence-corrected chi connectivity index (χ3v) is 4.86. The van der Waals surface area contributed by atoms with Gasteiger partial charge in [-0.05, 0) is 49.2 Å². The lowest BCUT2D eigenvalue weighted by atomic mass is 10.1. The van der Waals surface area contributed by atoms with Crippen LogP contribution < -0.4 is 16.0 Å². The third-order valence-electron chi connectivity index (χ3n) is 4.29. The van der Waals surface area contributed by atoms with Crippen molar-refractivity contribution in [2.75, 3.05) is 30.3 Å². The third kappa shape index (κ3) is 5.86. The minimum atomic E-state index is -0.270. The fourth-order valence-electron chi connectivity index (χ4n) is 2.87. The van der Waals surface area contributed by atoms with Gasteiger partial charge in [-0.3, -0.25) is 9.59 Å². The Morgan fingerprint density at radius 1 is 1.14 bits per heavy atom. The van der Waals surface area contributed by atoms with Crippen molar-refractivity contribution in [3.8, 4) is 0 Å². The predicted octanol–water partition coefficient (Wildman–Crippen LogP) is 3.95. The summed E-state index contributed by atoms with van der Waals surface area (Å²) in [7, 11) is 0. The van der Waals surface area contributed by atoms with Crippen LogP contribution in [0.4, 0.5) is 11.4 Å². The van der Waals surface area contributed by atoms with Crippen LogP contribution in [0.25, 0.3) is 0 Å². The van der Waals surface area contributed by atoms with E-state index in [4.69, 9.17) is 27.9 Å². The van der Waals surface area contributed by atoms with Crippen molar-refractivity contribution >= 4 is 46.4 Å². The van der Waals surface area contributed by atoms with Crippen LogP contribution in [-0.4, -0.2) is 37.6 Å². The van der Waals surface area contributed by atoms with Crippen molar-refractivity contribution < 1.29 is 14.3 Å². The van der Waals surface area contributed by atoms with Gasteiger partial charge in [-0.15, -0.1) is 0 Å². The zero-order valence-electron chi connectivity index (χ0n) is 15.1. The summed E-state index contributed by atoms with van der Waals surface area (Å²) >= 11 is 12.0. The number of benzene rings is 2. The number of carbonyl (C=O) groups excluding carboxylic acids is 2. The summed E-state index contributed by atoms with van der Waals surface area (Å²) in [5, 5.41) is 9.56. The van der Waals surface area contributed by atoms with Crippen molar-refractivity contribution in [3.63, 3.8) is 0 Å². The molecule has 0 spiro atoms. The first-order chi connectivity index (χ1) is 13.5. The molecule has 1 aliphatic rings. The van der Waals surface area contributed by atoms with Crippen LogP contribution >= 0.6 is 23.2 Å². The van der Waals surface area contributed by atoms with Gasteiger partial charge in [0.2, 0.25) is 5.91 Å². The van der Waals surface area contributed by atoms with Gasteiger partial charge < -0.3 is 20.7 Å². The van der Waals surface area contributed by atoms with Gasteiger partial charge in [0.15, 0.2) is 0 Å². The highest BCUT2D eigenvalue weighted by Crippen LogP contribution is 2.25. The first-order valence-corrected chi connectivity index (χ1v) is 9.75. The van der Waals surface area contributed by atoms with E-state index < -0.39 is 0 Å². The zero-order valence-corrected chi connectivity index (χ0v) is 16.6. The van der Waals surface area contributed by atoms with Crippen molar-refractivity contribution in [1.82, 2.24) is 5.32 Å². The monoisotopic (exact) mass is 421 g/mol. The van der Waals surface area contributed by atoms with Crippen molar-refractivity contribution in [2.24, 2.45) is 0 Å². The Balaban J connectivity index is 1.52. The highest BCUT2D eigenvalue weighted by molar-refractivity contribution is 6.35. The molecule has 0 bridgehead atoms. The van der Waals surface area contributed by atoms with Crippen LogP contribution in [0.5, 0.6) is 0 Å². The average molecular weight is 422 g/mol. The summed E-state index contributed by atoms with van der Waals surface area (Å²) in [6.07, 6.45) is 2.06. The first-order valence-electron chi connectivity index (χ1n) is 9.00. The molecule has 3 N–H and O–H groups in total. The number of anilines is 2. The Labute approximate surface area is 173 Å². The molecule has 1 fully saturated rings. The minimum Gasteiger partial charge on any atom is -0.376 e. The van der Waals surface area contributed by atoms with E-state index in [1.165, 1.54) is 0 Å². The molecule has 3 rings (SSSR count). The molecule has 0 aliphatic carbocycles. The summed E-state index contributed by atoms with van der Waals surface area (Å²) < 4.78 is 5.50. The van der Waals surface area contributed by atoms with Gasteiger partial charge in [-0.1, -0.05) is 29.3 Å². The van der Waals surface area contributed by atoms with Gasteiger partial charge in [-0.2, -0.15) is 0 Å². The van der Waals surface area contributed by atoms with Gasteiger partial charge in [0.25, 0.3) is 5.91 Å². The highest BCUT2D eigenvalue weighted by Gasteiger charge is 2.17. The molecule has 2 aromatic rings. The Bertz CT molecular complexity index is 854. The molecule has 0 aromatic heterocycles. The summed E-state index contributed by atoms with van der Waals surface area (Å²) in [6, 6.07) is 11.8. The maximum atomic E-state index is 12.3. The Kier molecular flexibility index (Phi) is 7.14. The summed E-state index contributed by atoms with van der Waals surface area (Å²) in [4.78, 5) is 24.5. The highest BCUT2D eigenvalue weighted by atomic mass is 35.5. The van der Waals surface area contributed by atoms with Crippen LogP contribution in [-0.2, 0) is 9.53 Å². The summed E-state index contributed by atoms with van der Waals surface area (Å²) in [5.74, 6) is -0.469. The van der Waals surface area contributed by atoms with Crippen molar-refractivity contribution in [3.05, 3.63) is 58.1 Å². The quantitative estimate of drug-likeness (QED) is 0.631. The molecule has 8 heteroatoms. The molecule has 1 heterocycles. The topological polar surface area (TPSA) is 79.5 Å². The van der Waals surface area contributed by atoms with E-state index in [9.17, 15) is 9.59 Å². The van der Waals surface area contributed by atoms with Crippen molar-refractivity contribution in [2.45, 2.75) is 18.9 Å². The van der Waals surface area contributed by atoms with Crippen molar-refractivity contribution in [1.29, 1.82) is 0 Å². The number of hydrogen-bond donors (Lipinski definition) is 3. The number of nitrogens with one attached hydrogen (secondary N) is 3. The number of amides is 2. The molecule has 0 radical (unpaired) electrons. The molecule has 2 amide bonds. The lowest BCUT2D eigenvalue weighted by molar-refractivity contribution is -0.114. The van der Waals surface area contributed by atoms with Crippen LogP contribution in [0.1, 0.15) is 23.2 Å². The Morgan fingerprint density at radius 3 is 2.79 bits per heavy atom. The fraction of sp³-hybridized carbons (Fsp3) is 0.300. The molecule has 6 nitrogen and oxygen atoms in total. The first kappa shape index (κ1) is 20.5. The van der Waals surface area contributed by atoms with Gasteiger partial charge in [-0.25, -0.2) is 0 Å². The minimum absolute atomic E-state index is 0.00943. The van der Waals surface area contributed by atoms with E-state index in [2.05, 4.69) is 16.0 Å². The van der Waals surface area contributed by atoms with E-state index in [1.807, 2.05) is 0 Å². The van der Waals surface area contributed by atoms with Crippen LogP contribution in [0.3, 0.4) is 0 Å². The van der Waals surface area contributed by atoms with Crippen LogP contribution in [0, 0.1) is 0 Å². The maximum absolute atomic E-state index is 12.3. The molecular weight excluding hydrogens is 401 g/mol. The summed E-state index contributed by atoms with van der Waals surface area (Å²) in [5.41, 5.74) is 1.59. The molecule has 0 saturated carbocycles. The van der Waals surface area contributed by atoms with Gasteiger partial charge >= 0.3 is 0 Å². The molecule has 28 heavy (non-hydrogen) atoms. The number of rotatable bonds is 7. The van der Waals surface area contributed by atoms with Gasteiger partial charge in [0.05, 0.1) is 23.4 Å². The second-order valence-electron chi connectivity index (χ2n) is 6.45. The molecule has 1 saturated heterocycles. The smallest absolute Gasteiger partial charge is 0.251 e. The SMILES string of the molecule is O=C(CNc1cc(Cl)ccc1Cl)Nc1cccc(C(=O)NCC2CCCO2)c1. The molecule has 1 aliphatic heterocycles. The lowest BCUT2D eigenvalue weighted by Gasteiger charge is -2.12. The lowest BCUT2D eigenvalue weighted by Crippen LogP contribution is -2.31. The molecule has 148 valence electrons. The number of carbonyl (C=O) groups is 2. The second kappa shape index (κ2) is 9.78. The molecule has 2 aromatic carbocycles. The standard InChI is InChI=1S/C20H21Cl2N3O3/c21-14-6-7-17(22)18(10-14)23-12-19(26)25-15-4-1-3-13(9-15)20(27)24-11-16-5-2-8-28-16/h1,3-4,6-7,9-10,16,23H,2,5,8,11-12H2,(H,24,27)(H,25,26). The maximum Gasteiger partial charge on any atom is 0.251 e. The van der Waals surface area contributed by atoms with E-state index in [-0.39, 0.29) is 24.5 Å². The van der Waals surface area contributed by atoms with E-state index in [0.29, 0.717) is 33.5 Å². The van der Waals surface area contributed by atoms with E-state index >= 15 is 0 Å². The predicted molar refractivity (Wildman–Crippen MR) is 111 cm³/mol. The molecule has 1 unspecified atom stereocenters. The molecular formula is C20H21Cl2N3O3. The summed E-state index contributed by atoms with van der Waals surface area (Å²) in [6.45, 7) is 1.24. The fourth-order valence-corrected chi connectivity index (χ4v) is 3.22. The zero-order chi connectivity index (χ0) is 19.9. The Hall–Kier alpha value is -2.28. The molecule has 1 atom stereocenters. The Morgan fingerprint density at radius 2 is 2.00 bits per heavy atom. The van der Waals surface area contributed by atoms with Gasteiger partial charge in [0, 0.05) is 29.4 Å². The van der Waals surface area contributed by atoms with Crippen LogP contribution in [0.2, 0.25) is 10.0 Å². The number of hydrogen-bond acceptors (Lipinski definition) is 4. The second-order valence-corrected chi connectivity index (χ2v) is 7.30. The van der Waals surface area contributed by atoms with E-state index in [1.54, 1.807) is 42.5 Å². The normalized spacial score (nSPS) is 15.9. The number of ether oxygens (including phenoxy) is 1. The largest absolute Gasteiger partial charge is 0.376 e. The van der Waals surface area contributed by atoms with Crippen LogP contribution in [0.15, 0.2) is 42.5 Å². The average Bonchev–Trinajstić information content (AvgIpc) is 3.20.